The molecule has 0 unspecified atom stereocenters. The minimum Gasteiger partial charge on any atom is -0.338 e. The molecular formula is C21H30ClN3O3S. The summed E-state index contributed by atoms with van der Waals surface area (Å²) in [5.74, 6) is -0.0947. The molecule has 2 saturated heterocycles. The molecule has 6 nitrogen and oxygen atoms in total. The standard InChI is InChI=1S/C21H30ClN3O3S/c1-16(2)24-13-9-19(10-14-24)25-12-3-4-20(21(25)26)23-29(27,28)15-11-17-5-7-18(22)8-6-17/h5-8,11,15-16,19-20,23H,3-4,9-10,12-14H2,1-2H3/t20-/m0/s1. The summed E-state index contributed by atoms with van der Waals surface area (Å²) in [7, 11) is -3.72. The number of hydrogen-bond acceptors (Lipinski definition) is 4. The van der Waals surface area contributed by atoms with Crippen LogP contribution in [0.5, 0.6) is 0 Å². The van der Waals surface area contributed by atoms with E-state index in [0.717, 1.165) is 43.3 Å². The van der Waals surface area contributed by atoms with Gasteiger partial charge in [-0.25, -0.2) is 8.42 Å². The second kappa shape index (κ2) is 9.60. The molecule has 0 radical (unpaired) electrons. The Kier molecular flexibility index (Phi) is 7.37. The van der Waals surface area contributed by atoms with Crippen LogP contribution in [0.25, 0.3) is 6.08 Å². The Morgan fingerprint density at radius 3 is 2.38 bits per heavy atom. The maximum atomic E-state index is 13.0. The summed E-state index contributed by atoms with van der Waals surface area (Å²) in [5.41, 5.74) is 0.730. The summed E-state index contributed by atoms with van der Waals surface area (Å²) in [4.78, 5) is 17.3. The number of piperidine rings is 2. The van der Waals surface area contributed by atoms with Crippen LogP contribution in [-0.2, 0) is 14.8 Å². The molecule has 8 heteroatoms. The topological polar surface area (TPSA) is 69.7 Å². The minimum atomic E-state index is -3.72. The highest BCUT2D eigenvalue weighted by molar-refractivity contribution is 7.92. The van der Waals surface area contributed by atoms with Crippen molar-refractivity contribution >= 4 is 33.6 Å². The van der Waals surface area contributed by atoms with Crippen molar-refractivity contribution in [1.82, 2.24) is 14.5 Å². The summed E-state index contributed by atoms with van der Waals surface area (Å²) in [5, 5.41) is 1.71. The highest BCUT2D eigenvalue weighted by Crippen LogP contribution is 2.23. The van der Waals surface area contributed by atoms with Gasteiger partial charge in [0.15, 0.2) is 0 Å². The first-order chi connectivity index (χ1) is 13.7. The van der Waals surface area contributed by atoms with Crippen molar-refractivity contribution in [2.75, 3.05) is 19.6 Å². The molecule has 160 valence electrons. The molecule has 2 fully saturated rings. The Labute approximate surface area is 178 Å². The van der Waals surface area contributed by atoms with Crippen LogP contribution < -0.4 is 4.72 Å². The van der Waals surface area contributed by atoms with Gasteiger partial charge in [-0.15, -0.1) is 0 Å². The lowest BCUT2D eigenvalue weighted by Gasteiger charge is -2.43. The summed E-state index contributed by atoms with van der Waals surface area (Å²) in [6.07, 6.45) is 4.74. The zero-order chi connectivity index (χ0) is 21.0. The van der Waals surface area contributed by atoms with Gasteiger partial charge in [0.1, 0.15) is 6.04 Å². The van der Waals surface area contributed by atoms with Crippen molar-refractivity contribution < 1.29 is 13.2 Å². The Morgan fingerprint density at radius 2 is 1.76 bits per heavy atom. The molecular weight excluding hydrogens is 410 g/mol. The van der Waals surface area contributed by atoms with E-state index in [0.29, 0.717) is 24.0 Å². The zero-order valence-electron chi connectivity index (χ0n) is 17.1. The molecule has 0 aliphatic carbocycles. The fourth-order valence-electron chi connectivity index (χ4n) is 4.06. The van der Waals surface area contributed by atoms with Crippen molar-refractivity contribution in [2.24, 2.45) is 0 Å². The lowest BCUT2D eigenvalue weighted by molar-refractivity contribution is -0.139. The number of carbonyl (C=O) groups excluding carboxylic acids is 1. The van der Waals surface area contributed by atoms with E-state index in [1.165, 1.54) is 6.08 Å². The number of likely N-dealkylation sites (tertiary alicyclic amines) is 2. The molecule has 0 saturated carbocycles. The van der Waals surface area contributed by atoms with Gasteiger partial charge in [0, 0.05) is 42.1 Å². The fourth-order valence-corrected chi connectivity index (χ4v) is 5.22. The van der Waals surface area contributed by atoms with E-state index >= 15 is 0 Å². The first kappa shape index (κ1) is 22.3. The molecule has 2 aliphatic rings. The van der Waals surface area contributed by atoms with Crippen LogP contribution in [0.15, 0.2) is 29.7 Å². The monoisotopic (exact) mass is 439 g/mol. The van der Waals surface area contributed by atoms with Gasteiger partial charge >= 0.3 is 0 Å². The normalized spacial score (nSPS) is 22.7. The van der Waals surface area contributed by atoms with E-state index < -0.39 is 16.1 Å². The highest BCUT2D eigenvalue weighted by Gasteiger charge is 2.36. The Balaban J connectivity index is 1.60. The SMILES string of the molecule is CC(C)N1CCC(N2CCC[C@H](NS(=O)(=O)C=Cc3ccc(Cl)cc3)C2=O)CC1. The van der Waals surface area contributed by atoms with Crippen LogP contribution >= 0.6 is 11.6 Å². The fraction of sp³-hybridized carbons (Fsp3) is 0.571. The van der Waals surface area contributed by atoms with Crippen molar-refractivity contribution in [1.29, 1.82) is 0 Å². The molecule has 1 aromatic carbocycles. The second-order valence-corrected chi connectivity index (χ2v) is 10.1. The summed E-state index contributed by atoms with van der Waals surface area (Å²) in [6.45, 7) is 7.05. The van der Waals surface area contributed by atoms with Gasteiger partial charge in [0.25, 0.3) is 0 Å². The molecule has 2 heterocycles. The molecule has 29 heavy (non-hydrogen) atoms. The van der Waals surface area contributed by atoms with Crippen molar-refractivity contribution in [3.8, 4) is 0 Å². The lowest BCUT2D eigenvalue weighted by Crippen LogP contribution is -2.57. The molecule has 1 atom stereocenters. The number of benzene rings is 1. The van der Waals surface area contributed by atoms with Crippen LogP contribution in [0.3, 0.4) is 0 Å². The largest absolute Gasteiger partial charge is 0.338 e. The first-order valence-electron chi connectivity index (χ1n) is 10.3. The third-order valence-electron chi connectivity index (χ3n) is 5.76. The quantitative estimate of drug-likeness (QED) is 0.739. The average Bonchev–Trinajstić information content (AvgIpc) is 2.69. The maximum absolute atomic E-state index is 13.0. The number of sulfonamides is 1. The first-order valence-corrected chi connectivity index (χ1v) is 12.2. The van der Waals surface area contributed by atoms with Gasteiger partial charge in [-0.1, -0.05) is 23.7 Å². The van der Waals surface area contributed by atoms with E-state index in [2.05, 4.69) is 23.5 Å². The molecule has 0 bridgehead atoms. The third-order valence-corrected chi connectivity index (χ3v) is 7.12. The van der Waals surface area contributed by atoms with E-state index in [-0.39, 0.29) is 11.9 Å². The maximum Gasteiger partial charge on any atom is 0.241 e. The smallest absolute Gasteiger partial charge is 0.241 e. The Bertz CT molecular complexity index is 831. The van der Waals surface area contributed by atoms with Crippen molar-refractivity contribution in [3.05, 3.63) is 40.3 Å². The van der Waals surface area contributed by atoms with E-state index in [9.17, 15) is 13.2 Å². The van der Waals surface area contributed by atoms with Gasteiger partial charge < -0.3 is 9.80 Å². The Hall–Kier alpha value is -1.41. The second-order valence-electron chi connectivity index (χ2n) is 8.10. The van der Waals surface area contributed by atoms with Crippen LogP contribution in [0.4, 0.5) is 0 Å². The zero-order valence-corrected chi connectivity index (χ0v) is 18.6. The minimum absolute atomic E-state index is 0.0947. The molecule has 0 aromatic heterocycles. The van der Waals surface area contributed by atoms with Gasteiger partial charge in [0.2, 0.25) is 15.9 Å². The Morgan fingerprint density at radius 1 is 1.10 bits per heavy atom. The molecule has 1 N–H and O–H groups in total. The van der Waals surface area contributed by atoms with E-state index in [4.69, 9.17) is 11.6 Å². The van der Waals surface area contributed by atoms with Gasteiger partial charge in [-0.05, 0) is 63.3 Å². The lowest BCUT2D eigenvalue weighted by atomic mass is 9.97. The summed E-state index contributed by atoms with van der Waals surface area (Å²) in [6, 6.07) is 6.92. The number of hydrogen-bond donors (Lipinski definition) is 1. The van der Waals surface area contributed by atoms with Crippen LogP contribution in [-0.4, -0.2) is 61.9 Å². The number of amides is 1. The number of rotatable bonds is 6. The third kappa shape index (κ3) is 6.04. The van der Waals surface area contributed by atoms with Gasteiger partial charge in [-0.3, -0.25) is 4.79 Å². The predicted molar refractivity (Wildman–Crippen MR) is 117 cm³/mol. The molecule has 2 aliphatic heterocycles. The molecule has 0 spiro atoms. The van der Waals surface area contributed by atoms with Crippen LogP contribution in [0, 0.1) is 0 Å². The summed E-state index contributed by atoms with van der Waals surface area (Å²) < 4.78 is 27.5. The molecule has 1 amide bonds. The average molecular weight is 440 g/mol. The van der Waals surface area contributed by atoms with Gasteiger partial charge in [-0.2, -0.15) is 4.72 Å². The molecule has 1 aromatic rings. The van der Waals surface area contributed by atoms with E-state index in [1.54, 1.807) is 24.3 Å². The van der Waals surface area contributed by atoms with E-state index in [1.807, 2.05) is 4.90 Å². The number of carbonyl (C=O) groups is 1. The highest BCUT2D eigenvalue weighted by atomic mass is 35.5. The van der Waals surface area contributed by atoms with Crippen molar-refractivity contribution in [2.45, 2.75) is 57.7 Å². The number of halogens is 1. The van der Waals surface area contributed by atoms with Gasteiger partial charge in [0.05, 0.1) is 0 Å². The van der Waals surface area contributed by atoms with Crippen molar-refractivity contribution in [3.63, 3.8) is 0 Å². The van der Waals surface area contributed by atoms with Crippen LogP contribution in [0.2, 0.25) is 5.02 Å². The van der Waals surface area contributed by atoms with Crippen LogP contribution in [0.1, 0.15) is 45.1 Å². The molecule has 3 rings (SSSR count). The number of nitrogens with zero attached hydrogens (tertiary/aromatic N) is 2. The summed E-state index contributed by atoms with van der Waals surface area (Å²) >= 11 is 5.85. The number of nitrogens with one attached hydrogen (secondary N) is 1. The predicted octanol–water partition coefficient (Wildman–Crippen LogP) is 3.09.